The molecule has 29 heavy (non-hydrogen) atoms. The third-order valence-corrected chi connectivity index (χ3v) is 5.58. The van der Waals surface area contributed by atoms with Gasteiger partial charge in [0.1, 0.15) is 5.75 Å². The van der Waals surface area contributed by atoms with E-state index < -0.39 is 5.97 Å². The highest BCUT2D eigenvalue weighted by Gasteiger charge is 2.28. The van der Waals surface area contributed by atoms with Crippen molar-refractivity contribution in [1.29, 1.82) is 0 Å². The smallest absolute Gasteiger partial charge is 0.158 e. The normalized spacial score (nSPS) is 19.4. The molecule has 0 amide bonds. The first kappa shape index (κ1) is 19.7. The van der Waals surface area contributed by atoms with Crippen LogP contribution in [0.4, 0.5) is 0 Å². The van der Waals surface area contributed by atoms with E-state index in [1.807, 2.05) is 49.4 Å². The maximum atomic E-state index is 10.8. The number of carboxylic acid groups (broad SMARTS) is 1. The number of carbonyl (C=O) groups is 1. The van der Waals surface area contributed by atoms with Gasteiger partial charge in [0.15, 0.2) is 6.10 Å². The van der Waals surface area contributed by atoms with Crippen LogP contribution in [-0.2, 0) is 16.2 Å². The molecule has 0 N–H and O–H groups in total. The molecule has 0 aromatic heterocycles. The number of oxime groups is 1. The molecule has 152 valence electrons. The number of carboxylic acids is 1. The summed E-state index contributed by atoms with van der Waals surface area (Å²) >= 11 is 6.28. The van der Waals surface area contributed by atoms with E-state index in [1.165, 1.54) is 0 Å². The van der Waals surface area contributed by atoms with Gasteiger partial charge < -0.3 is 19.5 Å². The number of ether oxygens (including phenoxy) is 1. The van der Waals surface area contributed by atoms with Crippen LogP contribution < -0.4 is 9.84 Å². The second kappa shape index (κ2) is 8.43. The molecule has 1 unspecified atom stereocenters. The van der Waals surface area contributed by atoms with Gasteiger partial charge in [0.2, 0.25) is 0 Å². The SMILES string of the molecule is CCOc1ccc(C2CC(c3ccc(CN4CC(C(=O)[O-])C4)cc3)=NO2)cc1Cl. The summed E-state index contributed by atoms with van der Waals surface area (Å²) < 4.78 is 5.48. The molecule has 1 atom stereocenters. The van der Waals surface area contributed by atoms with Gasteiger partial charge in [0.25, 0.3) is 0 Å². The summed E-state index contributed by atoms with van der Waals surface area (Å²) in [7, 11) is 0. The molecule has 1 saturated heterocycles. The number of rotatable bonds is 7. The van der Waals surface area contributed by atoms with E-state index >= 15 is 0 Å². The van der Waals surface area contributed by atoms with Crippen molar-refractivity contribution in [2.45, 2.75) is 26.0 Å². The van der Waals surface area contributed by atoms with Gasteiger partial charge in [-0.2, -0.15) is 0 Å². The Morgan fingerprint density at radius 2 is 2.03 bits per heavy atom. The molecule has 7 heteroatoms. The molecule has 0 saturated carbocycles. The molecule has 2 aliphatic rings. The van der Waals surface area contributed by atoms with Crippen LogP contribution in [0.15, 0.2) is 47.6 Å². The molecular formula is C22H22ClN2O4-. The number of benzene rings is 2. The Morgan fingerprint density at radius 3 is 2.69 bits per heavy atom. The van der Waals surface area contributed by atoms with Gasteiger partial charge in [-0.15, -0.1) is 0 Å². The second-order valence-electron chi connectivity index (χ2n) is 7.37. The van der Waals surface area contributed by atoms with Crippen molar-refractivity contribution < 1.29 is 19.5 Å². The van der Waals surface area contributed by atoms with Gasteiger partial charge in [0, 0.05) is 37.9 Å². The van der Waals surface area contributed by atoms with Crippen LogP contribution in [0.2, 0.25) is 5.02 Å². The summed E-state index contributed by atoms with van der Waals surface area (Å²) in [5.41, 5.74) is 4.02. The lowest BCUT2D eigenvalue weighted by molar-refractivity contribution is -0.315. The largest absolute Gasteiger partial charge is 0.550 e. The molecule has 2 aromatic carbocycles. The highest BCUT2D eigenvalue weighted by molar-refractivity contribution is 6.32. The minimum Gasteiger partial charge on any atom is -0.550 e. The highest BCUT2D eigenvalue weighted by atomic mass is 35.5. The fourth-order valence-corrected chi connectivity index (χ4v) is 3.87. The van der Waals surface area contributed by atoms with Crippen molar-refractivity contribution in [3.63, 3.8) is 0 Å². The van der Waals surface area contributed by atoms with Gasteiger partial charge in [0.05, 0.1) is 17.3 Å². The van der Waals surface area contributed by atoms with Gasteiger partial charge in [-0.05, 0) is 35.7 Å². The Labute approximate surface area is 174 Å². The van der Waals surface area contributed by atoms with Crippen LogP contribution in [0.5, 0.6) is 5.75 Å². The van der Waals surface area contributed by atoms with E-state index in [0.29, 0.717) is 36.9 Å². The molecule has 2 aliphatic heterocycles. The number of likely N-dealkylation sites (tertiary alicyclic amines) is 1. The molecule has 0 spiro atoms. The van der Waals surface area contributed by atoms with Crippen molar-refractivity contribution in [2.24, 2.45) is 11.1 Å². The zero-order valence-corrected chi connectivity index (χ0v) is 16.9. The van der Waals surface area contributed by atoms with Crippen LogP contribution in [0, 0.1) is 5.92 Å². The standard InChI is InChI=1S/C22H23ClN2O4/c1-2-28-20-8-7-16(9-18(20)23)21-10-19(24-29-21)15-5-3-14(4-6-15)11-25-12-17(13-25)22(26)27/h3-9,17,21H,2,10-13H2,1H3,(H,26,27)/p-1. The number of hydrogen-bond acceptors (Lipinski definition) is 6. The van der Waals surface area contributed by atoms with E-state index in [-0.39, 0.29) is 12.0 Å². The average Bonchev–Trinajstić information content (AvgIpc) is 3.16. The Kier molecular flexibility index (Phi) is 5.74. The van der Waals surface area contributed by atoms with Crippen LogP contribution in [-0.4, -0.2) is 36.3 Å². The van der Waals surface area contributed by atoms with Gasteiger partial charge in [-0.3, -0.25) is 4.90 Å². The monoisotopic (exact) mass is 413 g/mol. The number of hydrogen-bond donors (Lipinski definition) is 0. The molecule has 4 rings (SSSR count). The third-order valence-electron chi connectivity index (χ3n) is 5.28. The summed E-state index contributed by atoms with van der Waals surface area (Å²) in [5, 5.41) is 15.6. The molecule has 2 aromatic rings. The summed E-state index contributed by atoms with van der Waals surface area (Å²) in [4.78, 5) is 18.5. The van der Waals surface area contributed by atoms with Crippen LogP contribution in [0.25, 0.3) is 0 Å². The van der Waals surface area contributed by atoms with Gasteiger partial charge in [-0.1, -0.05) is 47.1 Å². The van der Waals surface area contributed by atoms with E-state index in [9.17, 15) is 9.90 Å². The van der Waals surface area contributed by atoms with E-state index in [2.05, 4.69) is 10.1 Å². The Bertz CT molecular complexity index is 923. The predicted octanol–water partition coefficient (Wildman–Crippen LogP) is 2.79. The van der Waals surface area contributed by atoms with Crippen LogP contribution in [0.3, 0.4) is 0 Å². The number of halogens is 1. The lowest BCUT2D eigenvalue weighted by Crippen LogP contribution is -2.53. The maximum Gasteiger partial charge on any atom is 0.158 e. The number of nitrogens with zero attached hydrogens (tertiary/aromatic N) is 2. The second-order valence-corrected chi connectivity index (χ2v) is 7.77. The first-order valence-electron chi connectivity index (χ1n) is 9.71. The van der Waals surface area contributed by atoms with Crippen molar-refractivity contribution in [2.75, 3.05) is 19.7 Å². The first-order valence-corrected chi connectivity index (χ1v) is 10.1. The molecule has 0 aliphatic carbocycles. The molecular weight excluding hydrogens is 392 g/mol. The Hall–Kier alpha value is -2.57. The molecule has 1 fully saturated rings. The molecule has 0 bridgehead atoms. The zero-order chi connectivity index (χ0) is 20.4. The van der Waals surface area contributed by atoms with Crippen molar-refractivity contribution in [1.82, 2.24) is 4.90 Å². The molecule has 6 nitrogen and oxygen atoms in total. The lowest BCUT2D eigenvalue weighted by atomic mass is 9.98. The fraction of sp³-hybridized carbons (Fsp3) is 0.364. The van der Waals surface area contributed by atoms with Crippen molar-refractivity contribution >= 4 is 23.3 Å². The highest BCUT2D eigenvalue weighted by Crippen LogP contribution is 2.34. The van der Waals surface area contributed by atoms with Crippen molar-refractivity contribution in [3.8, 4) is 5.75 Å². The van der Waals surface area contributed by atoms with Crippen LogP contribution in [0.1, 0.15) is 36.1 Å². The third kappa shape index (κ3) is 4.38. The summed E-state index contributed by atoms with van der Waals surface area (Å²) in [6, 6.07) is 13.8. The number of carbonyl (C=O) groups excluding carboxylic acids is 1. The maximum absolute atomic E-state index is 10.8. The van der Waals surface area contributed by atoms with Crippen molar-refractivity contribution in [3.05, 3.63) is 64.2 Å². The summed E-state index contributed by atoms with van der Waals surface area (Å²) in [6.45, 7) is 4.33. The topological polar surface area (TPSA) is 74.2 Å². The lowest BCUT2D eigenvalue weighted by Gasteiger charge is -2.39. The molecule has 2 heterocycles. The Morgan fingerprint density at radius 1 is 1.28 bits per heavy atom. The Balaban J connectivity index is 1.34. The average molecular weight is 414 g/mol. The van der Waals surface area contributed by atoms with E-state index in [1.54, 1.807) is 0 Å². The van der Waals surface area contributed by atoms with Gasteiger partial charge in [-0.25, -0.2) is 0 Å². The fourth-order valence-electron chi connectivity index (χ4n) is 3.63. The minimum absolute atomic E-state index is 0.166. The minimum atomic E-state index is -0.959. The van der Waals surface area contributed by atoms with E-state index in [4.69, 9.17) is 21.2 Å². The quantitative estimate of drug-likeness (QED) is 0.697. The summed E-state index contributed by atoms with van der Waals surface area (Å²) in [5.74, 6) is -0.632. The first-order chi connectivity index (χ1) is 14.0. The summed E-state index contributed by atoms with van der Waals surface area (Å²) in [6.07, 6.45) is 0.504. The number of aliphatic carboxylic acids is 1. The van der Waals surface area contributed by atoms with Gasteiger partial charge >= 0.3 is 0 Å². The molecule has 0 radical (unpaired) electrons. The predicted molar refractivity (Wildman–Crippen MR) is 108 cm³/mol. The zero-order valence-electron chi connectivity index (χ0n) is 16.1. The van der Waals surface area contributed by atoms with Crippen LogP contribution >= 0.6 is 11.6 Å². The van der Waals surface area contributed by atoms with E-state index in [0.717, 1.165) is 28.9 Å².